The Bertz CT molecular complexity index is 2030. The second-order valence-corrected chi connectivity index (χ2v) is 10.8. The molecule has 0 spiro atoms. The van der Waals surface area contributed by atoms with E-state index in [1.165, 1.54) is 24.0 Å². The van der Waals surface area contributed by atoms with Crippen LogP contribution >= 0.6 is 0 Å². The van der Waals surface area contributed by atoms with Crippen molar-refractivity contribution in [3.8, 4) is 34.4 Å². The molecule has 45 heavy (non-hydrogen) atoms. The predicted molar refractivity (Wildman–Crippen MR) is 168 cm³/mol. The molecule has 6 heterocycles. The minimum atomic E-state index is -0.397. The molecule has 222 valence electrons. The van der Waals surface area contributed by atoms with Gasteiger partial charge in [-0.05, 0) is 66.9 Å². The van der Waals surface area contributed by atoms with E-state index < -0.39 is 5.82 Å². The standard InChI is InChI=1S/C33H28FN11/c34-26-9-14-37-19-25(26)27-7-8-28-33(41-27)45(32(42-28)24-2-1-13-39-31(24)36)23-5-3-21(4-6-23)20-44-16-11-22(12-17-44)40-29-10-15-38-30(18-35)43-29/h1-10,13-15,19,22H,11-12,16-17,20H2,(H2,36,39)(H,38,40,43). The summed E-state index contributed by atoms with van der Waals surface area (Å²) >= 11 is 0. The lowest BCUT2D eigenvalue weighted by Crippen LogP contribution is -2.38. The lowest BCUT2D eigenvalue weighted by molar-refractivity contribution is 0.211. The van der Waals surface area contributed by atoms with E-state index in [2.05, 4.69) is 42.3 Å². The molecule has 5 aromatic heterocycles. The number of fused-ring (bicyclic) bond motifs is 1. The van der Waals surface area contributed by atoms with Gasteiger partial charge in [0.1, 0.15) is 29.0 Å². The summed E-state index contributed by atoms with van der Waals surface area (Å²) in [7, 11) is 0. The number of nitrogens with zero attached hydrogens (tertiary/aromatic N) is 9. The third-order valence-corrected chi connectivity index (χ3v) is 7.92. The van der Waals surface area contributed by atoms with Gasteiger partial charge in [-0.25, -0.2) is 29.3 Å². The number of nitrogens with two attached hydrogens (primary N) is 1. The van der Waals surface area contributed by atoms with Crippen molar-refractivity contribution in [2.45, 2.75) is 25.4 Å². The molecule has 11 nitrogen and oxygen atoms in total. The van der Waals surface area contributed by atoms with Crippen molar-refractivity contribution in [1.82, 2.24) is 39.4 Å². The normalized spacial score (nSPS) is 14.0. The first-order chi connectivity index (χ1) is 22.1. The first-order valence-electron chi connectivity index (χ1n) is 14.6. The van der Waals surface area contributed by atoms with Crippen molar-refractivity contribution in [2.75, 3.05) is 24.1 Å². The van der Waals surface area contributed by atoms with Crippen LogP contribution in [0.1, 0.15) is 24.2 Å². The van der Waals surface area contributed by atoms with E-state index >= 15 is 0 Å². The van der Waals surface area contributed by atoms with Gasteiger partial charge in [-0.1, -0.05) is 12.1 Å². The number of halogens is 1. The summed E-state index contributed by atoms with van der Waals surface area (Å²) < 4.78 is 16.6. The number of nitrogens with one attached hydrogen (secondary N) is 1. The number of nitriles is 1. The Morgan fingerprint density at radius 1 is 0.911 bits per heavy atom. The number of rotatable bonds is 7. The molecule has 6 aromatic rings. The summed E-state index contributed by atoms with van der Waals surface area (Å²) in [6, 6.07) is 21.0. The molecule has 0 radical (unpaired) electrons. The molecule has 0 atom stereocenters. The number of benzene rings is 1. The second-order valence-electron chi connectivity index (χ2n) is 10.8. The zero-order chi connectivity index (χ0) is 30.8. The fourth-order valence-corrected chi connectivity index (χ4v) is 5.65. The van der Waals surface area contributed by atoms with E-state index in [4.69, 9.17) is 21.0 Å². The monoisotopic (exact) mass is 597 g/mol. The Labute approximate surface area is 258 Å². The second kappa shape index (κ2) is 12.1. The number of imidazole rings is 1. The molecule has 1 saturated heterocycles. The Balaban J connectivity index is 1.14. The van der Waals surface area contributed by atoms with Gasteiger partial charge in [-0.15, -0.1) is 0 Å². The molecule has 0 aliphatic carbocycles. The summed E-state index contributed by atoms with van der Waals surface area (Å²) in [6.45, 7) is 2.68. The third kappa shape index (κ3) is 5.76. The van der Waals surface area contributed by atoms with Crippen LogP contribution in [0.2, 0.25) is 0 Å². The maximum absolute atomic E-state index is 14.7. The van der Waals surface area contributed by atoms with Crippen LogP contribution in [-0.4, -0.2) is 58.5 Å². The van der Waals surface area contributed by atoms with Crippen molar-refractivity contribution in [1.29, 1.82) is 5.26 Å². The van der Waals surface area contributed by atoms with E-state index in [0.717, 1.165) is 38.2 Å². The summed E-state index contributed by atoms with van der Waals surface area (Å²) in [5.74, 6) is 1.40. The van der Waals surface area contributed by atoms with Crippen molar-refractivity contribution < 1.29 is 4.39 Å². The molecule has 3 N–H and O–H groups in total. The fraction of sp³-hybridized carbons (Fsp3) is 0.182. The fourth-order valence-electron chi connectivity index (χ4n) is 5.65. The average Bonchev–Trinajstić information content (AvgIpc) is 3.45. The highest BCUT2D eigenvalue weighted by Crippen LogP contribution is 2.32. The van der Waals surface area contributed by atoms with Crippen LogP contribution in [0.25, 0.3) is 39.5 Å². The number of piperidine rings is 1. The van der Waals surface area contributed by atoms with Crippen molar-refractivity contribution in [2.24, 2.45) is 0 Å². The number of hydrogen-bond donors (Lipinski definition) is 2. The smallest absolute Gasteiger partial charge is 0.234 e. The Morgan fingerprint density at radius 3 is 2.53 bits per heavy atom. The SMILES string of the molecule is N#Cc1nccc(NC2CCN(Cc3ccc(-n4c(-c5cccnc5N)nc5ccc(-c6cnccc6F)nc54)cc3)CC2)n1. The lowest BCUT2D eigenvalue weighted by Gasteiger charge is -2.32. The van der Waals surface area contributed by atoms with Gasteiger partial charge in [-0.3, -0.25) is 14.5 Å². The number of pyridine rings is 3. The van der Waals surface area contributed by atoms with Crippen LogP contribution in [0, 0.1) is 17.1 Å². The quantitative estimate of drug-likeness (QED) is 0.257. The first-order valence-corrected chi connectivity index (χ1v) is 14.6. The van der Waals surface area contributed by atoms with Crippen LogP contribution in [0.15, 0.2) is 85.5 Å². The molecular formula is C33H28FN11. The molecular weight excluding hydrogens is 569 g/mol. The maximum Gasteiger partial charge on any atom is 0.234 e. The van der Waals surface area contributed by atoms with Crippen LogP contribution in [0.4, 0.5) is 16.0 Å². The topological polar surface area (TPSA) is 147 Å². The van der Waals surface area contributed by atoms with Crippen molar-refractivity contribution in [3.63, 3.8) is 0 Å². The highest BCUT2D eigenvalue weighted by molar-refractivity contribution is 5.84. The molecule has 1 aliphatic rings. The number of aromatic nitrogens is 7. The van der Waals surface area contributed by atoms with Gasteiger partial charge < -0.3 is 11.1 Å². The van der Waals surface area contributed by atoms with Gasteiger partial charge in [0, 0.05) is 56.2 Å². The van der Waals surface area contributed by atoms with Gasteiger partial charge >= 0.3 is 0 Å². The molecule has 1 fully saturated rings. The molecule has 7 rings (SSSR count). The van der Waals surface area contributed by atoms with Crippen molar-refractivity contribution >= 4 is 22.8 Å². The van der Waals surface area contributed by atoms with Crippen LogP contribution in [0.5, 0.6) is 0 Å². The molecule has 1 aromatic carbocycles. The molecule has 1 aliphatic heterocycles. The molecule has 0 bridgehead atoms. The Kier molecular flexibility index (Phi) is 7.51. The summed E-state index contributed by atoms with van der Waals surface area (Å²) in [5, 5.41) is 12.5. The van der Waals surface area contributed by atoms with Crippen molar-refractivity contribution in [3.05, 3.63) is 103 Å². The van der Waals surface area contributed by atoms with E-state index in [1.54, 1.807) is 24.5 Å². The minimum absolute atomic E-state index is 0.166. The highest BCUT2D eigenvalue weighted by atomic mass is 19.1. The lowest BCUT2D eigenvalue weighted by atomic mass is 10.0. The number of nitrogen functional groups attached to an aromatic ring is 1. The number of anilines is 2. The first kappa shape index (κ1) is 28.0. The number of likely N-dealkylation sites (tertiary alicyclic amines) is 1. The summed E-state index contributed by atoms with van der Waals surface area (Å²) in [6.07, 6.45) is 8.06. The largest absolute Gasteiger partial charge is 0.383 e. The van der Waals surface area contributed by atoms with Gasteiger partial charge in [0.05, 0.1) is 16.8 Å². The average molecular weight is 598 g/mol. The van der Waals surface area contributed by atoms with Crippen LogP contribution in [-0.2, 0) is 6.54 Å². The van der Waals surface area contributed by atoms with Crippen LogP contribution in [0.3, 0.4) is 0 Å². The molecule has 12 heteroatoms. The molecule has 0 unspecified atom stereocenters. The molecule has 0 saturated carbocycles. The van der Waals surface area contributed by atoms with E-state index in [1.807, 2.05) is 41.0 Å². The Hall–Kier alpha value is -5.80. The Morgan fingerprint density at radius 2 is 1.76 bits per heavy atom. The third-order valence-electron chi connectivity index (χ3n) is 7.92. The zero-order valence-corrected chi connectivity index (χ0v) is 24.2. The summed E-state index contributed by atoms with van der Waals surface area (Å²) in [5.41, 5.74) is 11.0. The molecule has 0 amide bonds. The van der Waals surface area contributed by atoms with E-state index in [0.29, 0.717) is 45.4 Å². The maximum atomic E-state index is 14.7. The zero-order valence-electron chi connectivity index (χ0n) is 24.2. The minimum Gasteiger partial charge on any atom is -0.383 e. The number of hydrogen-bond acceptors (Lipinski definition) is 10. The summed E-state index contributed by atoms with van der Waals surface area (Å²) in [4.78, 5) is 28.7. The van der Waals surface area contributed by atoms with Gasteiger partial charge in [-0.2, -0.15) is 5.26 Å². The van der Waals surface area contributed by atoms with E-state index in [9.17, 15) is 4.39 Å². The van der Waals surface area contributed by atoms with E-state index in [-0.39, 0.29) is 11.9 Å². The van der Waals surface area contributed by atoms with Gasteiger partial charge in [0.2, 0.25) is 5.82 Å². The van der Waals surface area contributed by atoms with Crippen LogP contribution < -0.4 is 11.1 Å². The predicted octanol–water partition coefficient (Wildman–Crippen LogP) is 5.00. The van der Waals surface area contributed by atoms with Gasteiger partial charge in [0.15, 0.2) is 11.5 Å². The highest BCUT2D eigenvalue weighted by Gasteiger charge is 2.21. The van der Waals surface area contributed by atoms with Gasteiger partial charge in [0.25, 0.3) is 0 Å².